The number of likely N-dealkylation sites (tertiary alicyclic amines) is 1. The van der Waals surface area contributed by atoms with E-state index in [1.807, 2.05) is 24.0 Å². The minimum atomic E-state index is 0.249. The molecule has 1 amide bonds. The summed E-state index contributed by atoms with van der Waals surface area (Å²) in [7, 11) is 0. The topological polar surface area (TPSA) is 71.5 Å². The number of hydrogen-bond donors (Lipinski definition) is 0. The van der Waals surface area contributed by atoms with E-state index in [1.54, 1.807) is 6.20 Å². The van der Waals surface area contributed by atoms with Crippen LogP contribution in [0.5, 0.6) is 0 Å². The van der Waals surface area contributed by atoms with Crippen molar-refractivity contribution in [3.63, 3.8) is 0 Å². The number of amides is 1. The van der Waals surface area contributed by atoms with Crippen molar-refractivity contribution in [2.45, 2.75) is 32.1 Å². The lowest BCUT2D eigenvalue weighted by Crippen LogP contribution is -2.42. The van der Waals surface area contributed by atoms with Crippen molar-refractivity contribution in [1.82, 2.24) is 24.8 Å². The highest BCUT2D eigenvalue weighted by atomic mass is 16.5. The Morgan fingerprint density at radius 3 is 2.96 bits per heavy atom. The Morgan fingerprint density at radius 2 is 2.11 bits per heavy atom. The van der Waals surface area contributed by atoms with Crippen LogP contribution in [-0.4, -0.2) is 76.6 Å². The molecule has 2 aliphatic heterocycles. The molecule has 7 nitrogen and oxygen atoms in total. The molecule has 2 aromatic heterocycles. The second-order valence-electron chi connectivity index (χ2n) is 7.41. The Balaban J connectivity index is 1.44. The predicted molar refractivity (Wildman–Crippen MR) is 103 cm³/mol. The molecule has 0 radical (unpaired) electrons. The highest BCUT2D eigenvalue weighted by Crippen LogP contribution is 2.30. The maximum absolute atomic E-state index is 12.8. The average Bonchev–Trinajstić information content (AvgIpc) is 2.72. The van der Waals surface area contributed by atoms with Crippen LogP contribution in [0.1, 0.15) is 36.7 Å². The summed E-state index contributed by atoms with van der Waals surface area (Å²) in [6, 6.07) is 3.97. The molecular formula is C20H27N5O2. The molecule has 0 unspecified atom stereocenters. The first-order valence-corrected chi connectivity index (χ1v) is 9.88. The summed E-state index contributed by atoms with van der Waals surface area (Å²) in [5.74, 6) is 1.24. The molecule has 0 aliphatic carbocycles. The van der Waals surface area contributed by atoms with Crippen LogP contribution < -0.4 is 0 Å². The van der Waals surface area contributed by atoms with E-state index in [0.717, 1.165) is 81.3 Å². The van der Waals surface area contributed by atoms with Gasteiger partial charge in [-0.05, 0) is 31.9 Å². The van der Waals surface area contributed by atoms with Gasteiger partial charge in [0, 0.05) is 56.6 Å². The fourth-order valence-corrected chi connectivity index (χ4v) is 4.07. The van der Waals surface area contributed by atoms with Crippen LogP contribution >= 0.6 is 0 Å². The Kier molecular flexibility index (Phi) is 5.59. The molecule has 0 saturated carbocycles. The van der Waals surface area contributed by atoms with Crippen LogP contribution in [0, 0.1) is 6.92 Å². The van der Waals surface area contributed by atoms with Crippen molar-refractivity contribution in [1.29, 1.82) is 0 Å². The molecule has 0 aromatic carbocycles. The fourth-order valence-electron chi connectivity index (χ4n) is 4.07. The lowest BCUT2D eigenvalue weighted by atomic mass is 9.92. The summed E-state index contributed by atoms with van der Waals surface area (Å²) in [4.78, 5) is 30.7. The summed E-state index contributed by atoms with van der Waals surface area (Å²) < 4.78 is 5.38. The molecule has 27 heavy (non-hydrogen) atoms. The number of morpholine rings is 1. The molecule has 1 atom stereocenters. The van der Waals surface area contributed by atoms with Gasteiger partial charge in [0.1, 0.15) is 5.82 Å². The van der Waals surface area contributed by atoms with E-state index in [1.165, 1.54) is 0 Å². The van der Waals surface area contributed by atoms with Gasteiger partial charge in [0.05, 0.1) is 18.9 Å². The minimum Gasteiger partial charge on any atom is -0.379 e. The Bertz CT molecular complexity index is 806. The van der Waals surface area contributed by atoms with Crippen molar-refractivity contribution < 1.29 is 9.53 Å². The monoisotopic (exact) mass is 369 g/mol. The van der Waals surface area contributed by atoms with Crippen molar-refractivity contribution in [3.05, 3.63) is 29.8 Å². The molecule has 4 heterocycles. The van der Waals surface area contributed by atoms with Gasteiger partial charge in [-0.15, -0.1) is 0 Å². The van der Waals surface area contributed by atoms with E-state index >= 15 is 0 Å². The number of aromatic nitrogens is 3. The zero-order valence-electron chi connectivity index (χ0n) is 15.9. The highest BCUT2D eigenvalue weighted by molar-refractivity contribution is 5.79. The average molecular weight is 369 g/mol. The van der Waals surface area contributed by atoms with Crippen LogP contribution in [0.2, 0.25) is 0 Å². The lowest BCUT2D eigenvalue weighted by molar-refractivity contribution is -0.133. The van der Waals surface area contributed by atoms with E-state index in [-0.39, 0.29) is 11.8 Å². The highest BCUT2D eigenvalue weighted by Gasteiger charge is 2.27. The zero-order chi connectivity index (χ0) is 18.6. The molecular weight excluding hydrogens is 342 g/mol. The minimum absolute atomic E-state index is 0.249. The number of carbonyl (C=O) groups is 1. The van der Waals surface area contributed by atoms with Crippen molar-refractivity contribution >= 4 is 16.9 Å². The molecule has 0 bridgehead atoms. The molecule has 0 N–H and O–H groups in total. The van der Waals surface area contributed by atoms with Gasteiger partial charge in [-0.1, -0.05) is 0 Å². The number of nitrogens with zero attached hydrogens (tertiary/aromatic N) is 5. The summed E-state index contributed by atoms with van der Waals surface area (Å²) >= 11 is 0. The first kappa shape index (κ1) is 18.3. The number of pyridine rings is 1. The van der Waals surface area contributed by atoms with E-state index in [0.29, 0.717) is 6.42 Å². The summed E-state index contributed by atoms with van der Waals surface area (Å²) in [5, 5.41) is 1.01. The van der Waals surface area contributed by atoms with Crippen LogP contribution in [0.25, 0.3) is 11.0 Å². The van der Waals surface area contributed by atoms with Crippen molar-refractivity contribution in [2.75, 3.05) is 45.9 Å². The normalized spacial score (nSPS) is 21.5. The number of piperidine rings is 1. The number of carbonyl (C=O) groups excluding carboxylic acids is 1. The molecule has 4 rings (SSSR count). The van der Waals surface area contributed by atoms with E-state index in [9.17, 15) is 4.79 Å². The standard InChI is InChI=1S/C20H27N5O2/c1-15-22-19(17-5-2-7-21-20(17)23-15)16-4-3-8-25(14-16)18(26)6-9-24-10-12-27-13-11-24/h2,5,7,16H,3-4,6,8-14H2,1H3/t16-/m0/s1. The number of fused-ring (bicyclic) bond motifs is 1. The lowest BCUT2D eigenvalue weighted by Gasteiger charge is -2.34. The van der Waals surface area contributed by atoms with Gasteiger partial charge < -0.3 is 9.64 Å². The first-order valence-electron chi connectivity index (χ1n) is 9.88. The van der Waals surface area contributed by atoms with Gasteiger partial charge in [0.15, 0.2) is 5.65 Å². The van der Waals surface area contributed by atoms with Crippen LogP contribution in [-0.2, 0) is 9.53 Å². The van der Waals surface area contributed by atoms with E-state index in [4.69, 9.17) is 9.72 Å². The van der Waals surface area contributed by atoms with Crippen molar-refractivity contribution in [3.8, 4) is 0 Å². The fraction of sp³-hybridized carbons (Fsp3) is 0.600. The van der Waals surface area contributed by atoms with Crippen molar-refractivity contribution in [2.24, 2.45) is 0 Å². The third-order valence-corrected chi connectivity index (χ3v) is 5.52. The maximum Gasteiger partial charge on any atom is 0.223 e. The number of aryl methyl sites for hydroxylation is 1. The summed E-state index contributed by atoms with van der Waals surface area (Å²) in [6.45, 7) is 7.71. The second-order valence-corrected chi connectivity index (χ2v) is 7.41. The van der Waals surface area contributed by atoms with Gasteiger partial charge >= 0.3 is 0 Å². The summed E-state index contributed by atoms with van der Waals surface area (Å²) in [6.07, 6.45) is 4.41. The molecule has 2 aliphatic rings. The largest absolute Gasteiger partial charge is 0.379 e. The Morgan fingerprint density at radius 1 is 1.26 bits per heavy atom. The van der Waals surface area contributed by atoms with E-state index < -0.39 is 0 Å². The number of rotatable bonds is 4. The van der Waals surface area contributed by atoms with Gasteiger partial charge in [0.2, 0.25) is 5.91 Å². The SMILES string of the molecule is Cc1nc([C@H]2CCCN(C(=O)CCN3CCOCC3)C2)c2cccnc2n1. The molecule has 0 spiro atoms. The number of ether oxygens (including phenoxy) is 1. The first-order chi connectivity index (χ1) is 13.2. The second kappa shape index (κ2) is 8.27. The van der Waals surface area contributed by atoms with Gasteiger partial charge in [0.25, 0.3) is 0 Å². The predicted octanol–water partition coefficient (Wildman–Crippen LogP) is 1.76. The molecule has 2 aromatic rings. The quantitative estimate of drug-likeness (QED) is 0.818. The third kappa shape index (κ3) is 4.25. The maximum atomic E-state index is 12.8. The Hall–Kier alpha value is -2.12. The van der Waals surface area contributed by atoms with Crippen LogP contribution in [0.15, 0.2) is 18.3 Å². The van der Waals surface area contributed by atoms with Gasteiger partial charge in [-0.3, -0.25) is 9.69 Å². The third-order valence-electron chi connectivity index (χ3n) is 5.52. The molecule has 7 heteroatoms. The number of hydrogen-bond acceptors (Lipinski definition) is 6. The molecule has 2 saturated heterocycles. The zero-order valence-corrected chi connectivity index (χ0v) is 15.9. The molecule has 144 valence electrons. The van der Waals surface area contributed by atoms with Gasteiger partial charge in [-0.25, -0.2) is 15.0 Å². The Labute approximate surface area is 159 Å². The molecule has 2 fully saturated rings. The smallest absolute Gasteiger partial charge is 0.223 e. The summed E-state index contributed by atoms with van der Waals surface area (Å²) in [5.41, 5.74) is 1.78. The van der Waals surface area contributed by atoms with Crippen LogP contribution in [0.3, 0.4) is 0 Å². The van der Waals surface area contributed by atoms with Gasteiger partial charge in [-0.2, -0.15) is 0 Å². The van der Waals surface area contributed by atoms with Crippen LogP contribution in [0.4, 0.5) is 0 Å². The van der Waals surface area contributed by atoms with E-state index in [2.05, 4.69) is 14.9 Å².